The minimum Gasteiger partial charge on any atom is -0.493 e. The quantitative estimate of drug-likeness (QED) is 0.622. The summed E-state index contributed by atoms with van der Waals surface area (Å²) in [4.78, 5) is 10.9. The average Bonchev–Trinajstić information content (AvgIpc) is 2.34. The summed E-state index contributed by atoms with van der Waals surface area (Å²) in [6, 6.07) is 6.87. The molecule has 0 atom stereocenters. The molecule has 5 heteroatoms. The number of ether oxygens (including phenoxy) is 2. The summed E-state index contributed by atoms with van der Waals surface area (Å²) in [5.74, 6) is 0.185. The molecule has 17 heavy (non-hydrogen) atoms. The van der Waals surface area contributed by atoms with Crippen LogP contribution in [0.3, 0.4) is 0 Å². The largest absolute Gasteiger partial charge is 0.493 e. The van der Waals surface area contributed by atoms with Crippen LogP contribution >= 0.6 is 0 Å². The van der Waals surface area contributed by atoms with Gasteiger partial charge >= 0.3 is 0 Å². The third-order valence-electron chi connectivity index (χ3n) is 2.12. The number of rotatable bonds is 4. The number of hydrogen-bond acceptors (Lipinski definition) is 4. The molecule has 0 saturated carbocycles. The number of benzene rings is 1. The van der Waals surface area contributed by atoms with Crippen LogP contribution in [0.1, 0.15) is 5.56 Å². The molecule has 0 aromatic heterocycles. The van der Waals surface area contributed by atoms with Gasteiger partial charge in [0.2, 0.25) is 0 Å². The minimum atomic E-state index is -0.780. The van der Waals surface area contributed by atoms with Crippen molar-refractivity contribution >= 4 is 12.0 Å². The maximum atomic E-state index is 10.9. The van der Waals surface area contributed by atoms with Gasteiger partial charge in [0.05, 0.1) is 14.2 Å². The molecule has 0 aliphatic carbocycles. The highest BCUT2D eigenvalue weighted by molar-refractivity contribution is 6.00. The molecule has 0 heterocycles. The molecule has 1 aromatic rings. The van der Waals surface area contributed by atoms with Gasteiger partial charge in [0.1, 0.15) is 11.6 Å². The normalized spacial score (nSPS) is 10.5. The van der Waals surface area contributed by atoms with E-state index in [1.807, 2.05) is 0 Å². The Kier molecular flexibility index (Phi) is 4.12. The molecule has 0 bridgehead atoms. The van der Waals surface area contributed by atoms with Crippen LogP contribution in [0.25, 0.3) is 6.08 Å². The lowest BCUT2D eigenvalue weighted by molar-refractivity contribution is -0.114. The Bertz CT molecular complexity index is 501. The fourth-order valence-corrected chi connectivity index (χ4v) is 1.34. The first-order chi connectivity index (χ1) is 8.13. The van der Waals surface area contributed by atoms with E-state index in [9.17, 15) is 4.79 Å². The van der Waals surface area contributed by atoms with E-state index < -0.39 is 5.91 Å². The Hall–Kier alpha value is -2.48. The molecule has 1 amide bonds. The van der Waals surface area contributed by atoms with Crippen molar-refractivity contribution in [3.8, 4) is 17.6 Å². The van der Waals surface area contributed by atoms with Crippen molar-refractivity contribution in [2.24, 2.45) is 5.73 Å². The number of nitrogens with two attached hydrogens (primary N) is 1. The number of nitrogens with zero attached hydrogens (tertiary/aromatic N) is 1. The van der Waals surface area contributed by atoms with E-state index in [2.05, 4.69) is 0 Å². The van der Waals surface area contributed by atoms with Crippen LogP contribution in [0.5, 0.6) is 11.5 Å². The van der Waals surface area contributed by atoms with Crippen molar-refractivity contribution in [3.63, 3.8) is 0 Å². The van der Waals surface area contributed by atoms with E-state index in [0.29, 0.717) is 17.1 Å². The molecule has 1 rings (SSSR count). The van der Waals surface area contributed by atoms with Gasteiger partial charge in [-0.2, -0.15) is 5.26 Å². The van der Waals surface area contributed by atoms with Crippen molar-refractivity contribution < 1.29 is 14.3 Å². The highest BCUT2D eigenvalue weighted by atomic mass is 16.5. The monoisotopic (exact) mass is 232 g/mol. The van der Waals surface area contributed by atoms with Gasteiger partial charge in [-0.15, -0.1) is 0 Å². The van der Waals surface area contributed by atoms with Gasteiger partial charge in [0, 0.05) is 5.56 Å². The molecular formula is C12H12N2O3. The molecule has 0 radical (unpaired) electrons. The van der Waals surface area contributed by atoms with Gasteiger partial charge in [-0.05, 0) is 12.1 Å². The predicted octanol–water partition coefficient (Wildman–Crippen LogP) is 1.10. The van der Waals surface area contributed by atoms with Gasteiger partial charge in [0.15, 0.2) is 11.5 Å². The smallest absolute Gasteiger partial charge is 0.259 e. The van der Waals surface area contributed by atoms with E-state index in [0.717, 1.165) is 0 Å². The third-order valence-corrected chi connectivity index (χ3v) is 2.12. The zero-order chi connectivity index (χ0) is 12.8. The summed E-state index contributed by atoms with van der Waals surface area (Å²) in [5, 5.41) is 8.76. The first kappa shape index (κ1) is 12.6. The third kappa shape index (κ3) is 2.75. The van der Waals surface area contributed by atoms with Crippen LogP contribution in [-0.2, 0) is 4.79 Å². The van der Waals surface area contributed by atoms with Gasteiger partial charge in [-0.1, -0.05) is 12.1 Å². The van der Waals surface area contributed by atoms with Gasteiger partial charge in [0.25, 0.3) is 5.91 Å². The summed E-state index contributed by atoms with van der Waals surface area (Å²) >= 11 is 0. The number of methoxy groups -OCH3 is 2. The Balaban J connectivity index is 3.32. The topological polar surface area (TPSA) is 85.3 Å². The Labute approximate surface area is 99.1 Å². The van der Waals surface area contributed by atoms with Gasteiger partial charge in [-0.3, -0.25) is 4.79 Å². The molecule has 0 aliphatic rings. The Morgan fingerprint density at radius 2 is 2.12 bits per heavy atom. The van der Waals surface area contributed by atoms with E-state index in [4.69, 9.17) is 20.5 Å². The number of carbonyl (C=O) groups is 1. The summed E-state index contributed by atoms with van der Waals surface area (Å²) in [6.45, 7) is 0. The molecule has 0 aliphatic heterocycles. The predicted molar refractivity (Wildman–Crippen MR) is 62.3 cm³/mol. The first-order valence-electron chi connectivity index (χ1n) is 4.76. The van der Waals surface area contributed by atoms with Crippen molar-refractivity contribution in [3.05, 3.63) is 29.3 Å². The molecule has 0 spiro atoms. The molecule has 2 N–H and O–H groups in total. The zero-order valence-electron chi connectivity index (χ0n) is 9.56. The zero-order valence-corrected chi connectivity index (χ0v) is 9.56. The summed E-state index contributed by atoms with van der Waals surface area (Å²) < 4.78 is 10.3. The van der Waals surface area contributed by atoms with E-state index in [1.165, 1.54) is 20.3 Å². The van der Waals surface area contributed by atoms with Gasteiger partial charge in [-0.25, -0.2) is 0 Å². The maximum Gasteiger partial charge on any atom is 0.259 e. The summed E-state index contributed by atoms with van der Waals surface area (Å²) in [5.41, 5.74) is 5.47. The fourth-order valence-electron chi connectivity index (χ4n) is 1.34. The lowest BCUT2D eigenvalue weighted by Gasteiger charge is -2.09. The average molecular weight is 232 g/mol. The first-order valence-corrected chi connectivity index (χ1v) is 4.76. The van der Waals surface area contributed by atoms with Crippen LogP contribution < -0.4 is 15.2 Å². The van der Waals surface area contributed by atoms with Crippen LogP contribution in [0.15, 0.2) is 23.8 Å². The summed E-state index contributed by atoms with van der Waals surface area (Å²) in [7, 11) is 2.98. The fraction of sp³-hybridized carbons (Fsp3) is 0.167. The number of para-hydroxylation sites is 1. The summed E-state index contributed by atoms with van der Waals surface area (Å²) in [6.07, 6.45) is 1.36. The van der Waals surface area contributed by atoms with Crippen LogP contribution in [-0.4, -0.2) is 20.1 Å². The highest BCUT2D eigenvalue weighted by Crippen LogP contribution is 2.31. The molecule has 0 unspecified atom stereocenters. The van der Waals surface area contributed by atoms with Crippen LogP contribution in [0.4, 0.5) is 0 Å². The van der Waals surface area contributed by atoms with Crippen molar-refractivity contribution in [1.82, 2.24) is 0 Å². The molecule has 88 valence electrons. The van der Waals surface area contributed by atoms with E-state index in [1.54, 1.807) is 24.3 Å². The molecular weight excluding hydrogens is 220 g/mol. The Morgan fingerprint density at radius 3 is 2.59 bits per heavy atom. The molecule has 0 saturated heterocycles. The van der Waals surface area contributed by atoms with Crippen molar-refractivity contribution in [2.45, 2.75) is 0 Å². The minimum absolute atomic E-state index is 0.142. The van der Waals surface area contributed by atoms with Crippen LogP contribution in [0, 0.1) is 11.3 Å². The van der Waals surface area contributed by atoms with E-state index in [-0.39, 0.29) is 5.57 Å². The number of primary amides is 1. The second-order valence-electron chi connectivity index (χ2n) is 3.12. The van der Waals surface area contributed by atoms with Crippen molar-refractivity contribution in [1.29, 1.82) is 5.26 Å². The highest BCUT2D eigenvalue weighted by Gasteiger charge is 2.10. The van der Waals surface area contributed by atoms with Crippen molar-refractivity contribution in [2.75, 3.05) is 14.2 Å². The van der Waals surface area contributed by atoms with Crippen LogP contribution in [0.2, 0.25) is 0 Å². The van der Waals surface area contributed by atoms with E-state index >= 15 is 0 Å². The molecule has 0 fully saturated rings. The number of nitriles is 1. The lowest BCUT2D eigenvalue weighted by Crippen LogP contribution is -2.12. The second kappa shape index (κ2) is 5.56. The molecule has 1 aromatic carbocycles. The second-order valence-corrected chi connectivity index (χ2v) is 3.12. The molecule has 5 nitrogen and oxygen atoms in total. The van der Waals surface area contributed by atoms with Gasteiger partial charge < -0.3 is 15.2 Å². The lowest BCUT2D eigenvalue weighted by atomic mass is 10.1. The number of carbonyl (C=O) groups excluding carboxylic acids is 1. The number of amides is 1. The Morgan fingerprint density at radius 1 is 1.41 bits per heavy atom. The maximum absolute atomic E-state index is 10.9. The SMILES string of the molecule is COc1cccc(C=C(C#N)C(N)=O)c1OC. The number of hydrogen-bond donors (Lipinski definition) is 1. The standard InChI is InChI=1S/C12H12N2O3/c1-16-10-5-3-4-8(11(10)17-2)6-9(7-13)12(14)15/h3-6H,1-2H3,(H2,14,15).